The number of nitrogens with zero attached hydrogens (tertiary/aromatic N) is 5. The van der Waals surface area contributed by atoms with E-state index in [-0.39, 0.29) is 11.7 Å². The zero-order chi connectivity index (χ0) is 21.1. The molecular formula is C20H18ClN7OS. The van der Waals surface area contributed by atoms with Gasteiger partial charge in [0, 0.05) is 16.7 Å². The quantitative estimate of drug-likeness (QED) is 0.352. The number of benzene rings is 2. The first-order chi connectivity index (χ1) is 14.5. The first-order valence-electron chi connectivity index (χ1n) is 9.02. The third-order valence-corrected chi connectivity index (χ3v) is 5.39. The van der Waals surface area contributed by atoms with Crippen molar-refractivity contribution in [3.63, 3.8) is 0 Å². The van der Waals surface area contributed by atoms with Crippen LogP contribution < -0.4 is 11.2 Å². The van der Waals surface area contributed by atoms with Gasteiger partial charge in [-0.25, -0.2) is 9.36 Å². The average molecular weight is 440 g/mol. The Morgan fingerprint density at radius 2 is 1.87 bits per heavy atom. The molecule has 152 valence electrons. The van der Waals surface area contributed by atoms with E-state index >= 15 is 0 Å². The zero-order valence-electron chi connectivity index (χ0n) is 16.0. The van der Waals surface area contributed by atoms with Crippen molar-refractivity contribution in [1.29, 1.82) is 0 Å². The number of rotatable bonds is 6. The van der Waals surface area contributed by atoms with E-state index in [4.69, 9.17) is 17.4 Å². The second-order valence-corrected chi connectivity index (χ2v) is 7.82. The number of halogens is 1. The summed E-state index contributed by atoms with van der Waals surface area (Å²) in [5.74, 6) is 7.12. The number of hydrogen-bond donors (Lipinski definition) is 2. The van der Waals surface area contributed by atoms with Gasteiger partial charge >= 0.3 is 0 Å². The van der Waals surface area contributed by atoms with E-state index in [0.717, 1.165) is 16.9 Å². The van der Waals surface area contributed by atoms with Crippen LogP contribution in [0, 0.1) is 6.92 Å². The Hall–Kier alpha value is -3.30. The Labute approximate surface area is 182 Å². The van der Waals surface area contributed by atoms with E-state index in [0.29, 0.717) is 21.8 Å². The van der Waals surface area contributed by atoms with E-state index in [2.05, 4.69) is 20.6 Å². The predicted octanol–water partition coefficient (Wildman–Crippen LogP) is 3.54. The van der Waals surface area contributed by atoms with Crippen molar-refractivity contribution in [1.82, 2.24) is 24.7 Å². The summed E-state index contributed by atoms with van der Waals surface area (Å²) in [7, 11) is 0. The maximum atomic E-state index is 12.5. The number of anilines is 1. The predicted molar refractivity (Wildman–Crippen MR) is 118 cm³/mol. The molecule has 10 heteroatoms. The summed E-state index contributed by atoms with van der Waals surface area (Å²) in [6.07, 6.45) is 0. The molecule has 2 heterocycles. The van der Waals surface area contributed by atoms with Crippen LogP contribution in [-0.4, -0.2) is 36.3 Å². The highest BCUT2D eigenvalue weighted by molar-refractivity contribution is 7.99. The van der Waals surface area contributed by atoms with Gasteiger partial charge in [0.15, 0.2) is 5.82 Å². The Morgan fingerprint density at radius 1 is 1.13 bits per heavy atom. The van der Waals surface area contributed by atoms with Gasteiger partial charge in [-0.1, -0.05) is 41.6 Å². The first kappa shape index (κ1) is 20.0. The monoisotopic (exact) mass is 439 g/mol. The molecule has 0 radical (unpaired) electrons. The molecule has 0 aliphatic heterocycles. The zero-order valence-corrected chi connectivity index (χ0v) is 17.6. The van der Waals surface area contributed by atoms with Crippen LogP contribution >= 0.6 is 23.4 Å². The highest BCUT2D eigenvalue weighted by Gasteiger charge is 2.15. The van der Waals surface area contributed by atoms with Crippen molar-refractivity contribution in [3.05, 3.63) is 71.4 Å². The lowest BCUT2D eigenvalue weighted by atomic mass is 10.2. The maximum Gasteiger partial charge on any atom is 0.236 e. The number of nitrogen functional groups attached to an aromatic ring is 1. The van der Waals surface area contributed by atoms with Gasteiger partial charge in [-0.3, -0.25) is 4.79 Å². The summed E-state index contributed by atoms with van der Waals surface area (Å²) in [6.45, 7) is 1.87. The molecule has 0 spiro atoms. The standard InChI is InChI=1S/C20H18ClN7OS/c1-13-11-17(28(26-13)16-5-3-2-4-6-16)23-18(29)12-30-20-25-24-19(27(20)22)14-7-9-15(21)10-8-14/h2-11H,12,22H2,1H3,(H,23,29). The highest BCUT2D eigenvalue weighted by atomic mass is 35.5. The van der Waals surface area contributed by atoms with Gasteiger partial charge in [0.05, 0.1) is 17.1 Å². The van der Waals surface area contributed by atoms with Gasteiger partial charge in [0.25, 0.3) is 0 Å². The molecule has 0 fully saturated rings. The normalized spacial score (nSPS) is 10.9. The second kappa shape index (κ2) is 8.60. The maximum absolute atomic E-state index is 12.5. The molecule has 0 saturated carbocycles. The number of nitrogens with one attached hydrogen (secondary N) is 1. The Balaban J connectivity index is 1.44. The Kier molecular flexibility index (Phi) is 5.73. The SMILES string of the molecule is Cc1cc(NC(=O)CSc2nnc(-c3ccc(Cl)cc3)n2N)n(-c2ccccc2)n1. The lowest BCUT2D eigenvalue weighted by Crippen LogP contribution is -2.18. The molecule has 0 aliphatic carbocycles. The number of aromatic nitrogens is 5. The number of carbonyl (C=O) groups excluding carboxylic acids is 1. The Bertz CT molecular complexity index is 1170. The summed E-state index contributed by atoms with van der Waals surface area (Å²) >= 11 is 7.12. The van der Waals surface area contributed by atoms with Gasteiger partial charge in [-0.05, 0) is 43.3 Å². The van der Waals surface area contributed by atoms with Crippen LogP contribution in [-0.2, 0) is 4.79 Å². The molecule has 0 aliphatic rings. The molecule has 2 aromatic heterocycles. The summed E-state index contributed by atoms with van der Waals surface area (Å²) in [6, 6.07) is 18.6. The van der Waals surface area contributed by atoms with E-state index in [1.165, 1.54) is 16.4 Å². The Morgan fingerprint density at radius 3 is 2.60 bits per heavy atom. The minimum atomic E-state index is -0.201. The van der Waals surface area contributed by atoms with Crippen LogP contribution in [0.25, 0.3) is 17.1 Å². The topological polar surface area (TPSA) is 104 Å². The number of nitrogens with two attached hydrogens (primary N) is 1. The van der Waals surface area contributed by atoms with Gasteiger partial charge < -0.3 is 11.2 Å². The van der Waals surface area contributed by atoms with Crippen molar-refractivity contribution in [2.24, 2.45) is 0 Å². The molecular weight excluding hydrogens is 422 g/mol. The molecule has 0 atom stereocenters. The van der Waals surface area contributed by atoms with Crippen molar-refractivity contribution in [2.75, 3.05) is 16.9 Å². The smallest absolute Gasteiger partial charge is 0.236 e. The van der Waals surface area contributed by atoms with Crippen LogP contribution in [0.2, 0.25) is 5.02 Å². The van der Waals surface area contributed by atoms with Crippen molar-refractivity contribution >= 4 is 35.1 Å². The van der Waals surface area contributed by atoms with Crippen molar-refractivity contribution in [3.8, 4) is 17.1 Å². The van der Waals surface area contributed by atoms with Crippen LogP contribution in [0.4, 0.5) is 5.82 Å². The highest BCUT2D eigenvalue weighted by Crippen LogP contribution is 2.23. The number of hydrogen-bond acceptors (Lipinski definition) is 6. The van der Waals surface area contributed by atoms with Gasteiger partial charge in [0.2, 0.25) is 11.1 Å². The van der Waals surface area contributed by atoms with Crippen LogP contribution in [0.15, 0.2) is 65.8 Å². The fourth-order valence-corrected chi connectivity index (χ4v) is 3.62. The number of amides is 1. The van der Waals surface area contributed by atoms with E-state index in [1.807, 2.05) is 55.5 Å². The number of thioether (sulfide) groups is 1. The fraction of sp³-hybridized carbons (Fsp3) is 0.100. The number of para-hydroxylation sites is 1. The molecule has 0 saturated heterocycles. The third-order valence-electron chi connectivity index (χ3n) is 4.20. The molecule has 0 unspecified atom stereocenters. The molecule has 30 heavy (non-hydrogen) atoms. The van der Waals surface area contributed by atoms with Crippen LogP contribution in [0.5, 0.6) is 0 Å². The molecule has 0 bridgehead atoms. The van der Waals surface area contributed by atoms with E-state index in [1.54, 1.807) is 16.8 Å². The summed E-state index contributed by atoms with van der Waals surface area (Å²) in [4.78, 5) is 12.5. The van der Waals surface area contributed by atoms with Gasteiger partial charge in [-0.15, -0.1) is 10.2 Å². The van der Waals surface area contributed by atoms with Crippen LogP contribution in [0.1, 0.15) is 5.69 Å². The average Bonchev–Trinajstić information content (AvgIpc) is 3.30. The lowest BCUT2D eigenvalue weighted by Gasteiger charge is -2.08. The third kappa shape index (κ3) is 4.32. The fourth-order valence-electron chi connectivity index (χ4n) is 2.83. The van der Waals surface area contributed by atoms with E-state index < -0.39 is 0 Å². The summed E-state index contributed by atoms with van der Waals surface area (Å²) in [5.41, 5.74) is 2.45. The minimum absolute atomic E-state index is 0.120. The second-order valence-electron chi connectivity index (χ2n) is 6.44. The lowest BCUT2D eigenvalue weighted by molar-refractivity contribution is -0.113. The van der Waals surface area contributed by atoms with E-state index in [9.17, 15) is 4.79 Å². The molecule has 4 aromatic rings. The summed E-state index contributed by atoms with van der Waals surface area (Å²) < 4.78 is 3.06. The first-order valence-corrected chi connectivity index (χ1v) is 10.4. The van der Waals surface area contributed by atoms with Crippen molar-refractivity contribution in [2.45, 2.75) is 12.1 Å². The largest absolute Gasteiger partial charge is 0.335 e. The molecule has 3 N–H and O–H groups in total. The minimum Gasteiger partial charge on any atom is -0.335 e. The van der Waals surface area contributed by atoms with Crippen molar-refractivity contribution < 1.29 is 4.79 Å². The van der Waals surface area contributed by atoms with Gasteiger partial charge in [0.1, 0.15) is 5.82 Å². The molecule has 2 aromatic carbocycles. The number of carbonyl (C=O) groups is 1. The molecule has 4 rings (SSSR count). The molecule has 8 nitrogen and oxygen atoms in total. The van der Waals surface area contributed by atoms with Gasteiger partial charge in [-0.2, -0.15) is 5.10 Å². The number of aryl methyl sites for hydroxylation is 1. The summed E-state index contributed by atoms with van der Waals surface area (Å²) in [5, 5.41) is 16.6. The molecule has 1 amide bonds. The van der Waals surface area contributed by atoms with Crippen LogP contribution in [0.3, 0.4) is 0 Å².